The van der Waals surface area contributed by atoms with Crippen LogP contribution < -0.4 is 0 Å². The van der Waals surface area contributed by atoms with Crippen molar-refractivity contribution < 1.29 is 0 Å². The summed E-state index contributed by atoms with van der Waals surface area (Å²) in [6.45, 7) is 7.34. The Kier molecular flexibility index (Phi) is 7.73. The van der Waals surface area contributed by atoms with Gasteiger partial charge in [0.2, 0.25) is 0 Å². The number of allylic oxidation sites excluding steroid dienone is 2. The molecule has 0 aliphatic carbocycles. The Labute approximate surface area is 118 Å². The Balaban J connectivity index is 0.000000361. The van der Waals surface area contributed by atoms with Crippen molar-refractivity contribution in [2.75, 3.05) is 0 Å². The standard InChI is InChI=1S/C10H10.C6N4/c1-3-9-6-5-7-10(4-2)8-9;7-1-5(2-8)6(3-9)4-10/h3-8H,1-2H2;. The van der Waals surface area contributed by atoms with Gasteiger partial charge in [0.15, 0.2) is 11.1 Å². The monoisotopic (exact) mass is 258 g/mol. The van der Waals surface area contributed by atoms with Gasteiger partial charge < -0.3 is 0 Å². The zero-order chi connectivity index (χ0) is 15.4. The largest absolute Gasteiger partial charge is 0.192 e. The summed E-state index contributed by atoms with van der Waals surface area (Å²) in [7, 11) is 0. The second-order valence-electron chi connectivity index (χ2n) is 3.28. The van der Waals surface area contributed by atoms with E-state index in [1.54, 1.807) is 0 Å². The molecule has 20 heavy (non-hydrogen) atoms. The van der Waals surface area contributed by atoms with Crippen LogP contribution in [0.1, 0.15) is 11.1 Å². The van der Waals surface area contributed by atoms with Crippen LogP contribution in [0.4, 0.5) is 0 Å². The Morgan fingerprint density at radius 1 is 0.800 bits per heavy atom. The lowest BCUT2D eigenvalue weighted by molar-refractivity contribution is 1.41. The first-order valence-electron chi connectivity index (χ1n) is 5.36. The predicted octanol–water partition coefficient (Wildman–Crippen LogP) is 3.35. The molecule has 1 aromatic carbocycles. The molecule has 1 rings (SSSR count). The lowest BCUT2D eigenvalue weighted by atomic mass is 10.1. The van der Waals surface area contributed by atoms with Gasteiger partial charge in [-0.05, 0) is 17.2 Å². The van der Waals surface area contributed by atoms with E-state index in [1.807, 2.05) is 36.4 Å². The minimum absolute atomic E-state index is 0.440. The van der Waals surface area contributed by atoms with Gasteiger partial charge in [-0.25, -0.2) is 0 Å². The van der Waals surface area contributed by atoms with E-state index < -0.39 is 11.1 Å². The molecule has 0 atom stereocenters. The molecule has 0 radical (unpaired) electrons. The third-order valence-corrected chi connectivity index (χ3v) is 2.08. The molecule has 0 amide bonds. The molecule has 0 N–H and O–H groups in total. The molecule has 0 spiro atoms. The van der Waals surface area contributed by atoms with E-state index in [0.717, 1.165) is 11.1 Å². The van der Waals surface area contributed by atoms with Gasteiger partial charge in [0.1, 0.15) is 24.3 Å². The van der Waals surface area contributed by atoms with Crippen LogP contribution in [0.2, 0.25) is 0 Å². The first-order valence-corrected chi connectivity index (χ1v) is 5.36. The fraction of sp³-hybridized carbons (Fsp3) is 0. The van der Waals surface area contributed by atoms with Crippen molar-refractivity contribution >= 4 is 12.2 Å². The van der Waals surface area contributed by atoms with E-state index in [0.29, 0.717) is 0 Å². The van der Waals surface area contributed by atoms with Crippen LogP contribution >= 0.6 is 0 Å². The van der Waals surface area contributed by atoms with Gasteiger partial charge in [-0.1, -0.05) is 43.5 Å². The Bertz CT molecular complexity index is 608. The quantitative estimate of drug-likeness (QED) is 0.760. The van der Waals surface area contributed by atoms with Gasteiger partial charge in [0.05, 0.1) is 0 Å². The van der Waals surface area contributed by atoms with E-state index in [-0.39, 0.29) is 0 Å². The van der Waals surface area contributed by atoms with E-state index >= 15 is 0 Å². The zero-order valence-electron chi connectivity index (χ0n) is 10.7. The van der Waals surface area contributed by atoms with Gasteiger partial charge in [0, 0.05) is 0 Å². The number of hydrogen-bond donors (Lipinski definition) is 0. The maximum Gasteiger partial charge on any atom is 0.158 e. The third kappa shape index (κ3) is 5.15. The topological polar surface area (TPSA) is 95.2 Å². The van der Waals surface area contributed by atoms with Crippen molar-refractivity contribution in [2.45, 2.75) is 0 Å². The van der Waals surface area contributed by atoms with Crippen molar-refractivity contribution in [3.05, 3.63) is 59.7 Å². The zero-order valence-corrected chi connectivity index (χ0v) is 10.7. The first kappa shape index (κ1) is 16.4. The molecule has 0 bridgehead atoms. The van der Waals surface area contributed by atoms with Crippen LogP contribution in [0, 0.1) is 45.3 Å². The van der Waals surface area contributed by atoms with Crippen molar-refractivity contribution in [3.63, 3.8) is 0 Å². The summed E-state index contributed by atoms with van der Waals surface area (Å²) in [5.74, 6) is 0. The van der Waals surface area contributed by atoms with Gasteiger partial charge >= 0.3 is 0 Å². The summed E-state index contributed by atoms with van der Waals surface area (Å²) in [5.41, 5.74) is 1.39. The van der Waals surface area contributed by atoms with Crippen LogP contribution in [0.5, 0.6) is 0 Å². The van der Waals surface area contributed by atoms with Crippen molar-refractivity contribution in [1.29, 1.82) is 21.0 Å². The molecule has 0 fully saturated rings. The van der Waals surface area contributed by atoms with E-state index in [2.05, 4.69) is 13.2 Å². The molecule has 4 heteroatoms. The van der Waals surface area contributed by atoms with E-state index in [9.17, 15) is 0 Å². The molecule has 1 aromatic rings. The minimum atomic E-state index is -0.440. The molecule has 0 saturated carbocycles. The van der Waals surface area contributed by atoms with Gasteiger partial charge in [-0.2, -0.15) is 21.0 Å². The number of benzene rings is 1. The average Bonchev–Trinajstić information content (AvgIpc) is 2.53. The summed E-state index contributed by atoms with van der Waals surface area (Å²) in [6, 6.07) is 13.8. The fourth-order valence-electron chi connectivity index (χ4n) is 1.09. The molecule has 0 unspecified atom stereocenters. The van der Waals surface area contributed by atoms with Gasteiger partial charge in [-0.15, -0.1) is 0 Å². The molecular formula is C16H10N4. The second-order valence-corrected chi connectivity index (χ2v) is 3.28. The third-order valence-electron chi connectivity index (χ3n) is 2.08. The molecule has 0 aliphatic heterocycles. The Hall–Kier alpha value is -3.60. The number of rotatable bonds is 2. The highest BCUT2D eigenvalue weighted by atomic mass is 14.3. The van der Waals surface area contributed by atoms with Crippen LogP contribution in [-0.2, 0) is 0 Å². The molecule has 0 heterocycles. The SMILES string of the molecule is C=Cc1cccc(C=C)c1.N#CC(C#N)=C(C#N)C#N. The summed E-state index contributed by atoms with van der Waals surface area (Å²) < 4.78 is 0. The summed E-state index contributed by atoms with van der Waals surface area (Å²) in [6.07, 6.45) is 3.65. The Morgan fingerprint density at radius 2 is 1.15 bits per heavy atom. The van der Waals surface area contributed by atoms with Crippen molar-refractivity contribution in [3.8, 4) is 24.3 Å². The minimum Gasteiger partial charge on any atom is -0.192 e. The van der Waals surface area contributed by atoms with Gasteiger partial charge in [0.25, 0.3) is 0 Å². The van der Waals surface area contributed by atoms with Crippen molar-refractivity contribution in [1.82, 2.24) is 0 Å². The van der Waals surface area contributed by atoms with Crippen LogP contribution in [-0.4, -0.2) is 0 Å². The summed E-state index contributed by atoms with van der Waals surface area (Å²) in [4.78, 5) is 0. The van der Waals surface area contributed by atoms with E-state index in [1.165, 1.54) is 24.3 Å². The van der Waals surface area contributed by atoms with Crippen LogP contribution in [0.3, 0.4) is 0 Å². The van der Waals surface area contributed by atoms with Crippen LogP contribution in [0.15, 0.2) is 48.6 Å². The smallest absolute Gasteiger partial charge is 0.158 e. The molecule has 0 aliphatic rings. The number of hydrogen-bond acceptors (Lipinski definition) is 4. The predicted molar refractivity (Wildman–Crippen MR) is 76.1 cm³/mol. The maximum absolute atomic E-state index is 8.13. The number of nitrogens with zero attached hydrogens (tertiary/aromatic N) is 4. The highest BCUT2D eigenvalue weighted by Gasteiger charge is 2.01. The summed E-state index contributed by atoms with van der Waals surface area (Å²) >= 11 is 0. The first-order chi connectivity index (χ1) is 9.66. The molecule has 0 saturated heterocycles. The lowest BCUT2D eigenvalue weighted by Crippen LogP contribution is -1.79. The highest BCUT2D eigenvalue weighted by molar-refractivity contribution is 5.55. The molecule has 4 nitrogen and oxygen atoms in total. The van der Waals surface area contributed by atoms with Crippen molar-refractivity contribution in [2.24, 2.45) is 0 Å². The second kappa shape index (κ2) is 9.43. The molecule has 0 aromatic heterocycles. The van der Waals surface area contributed by atoms with Crippen LogP contribution in [0.25, 0.3) is 12.2 Å². The normalized spacial score (nSPS) is 7.20. The average molecular weight is 258 g/mol. The van der Waals surface area contributed by atoms with E-state index in [4.69, 9.17) is 21.0 Å². The Morgan fingerprint density at radius 3 is 1.40 bits per heavy atom. The fourth-order valence-corrected chi connectivity index (χ4v) is 1.09. The molecular weight excluding hydrogens is 248 g/mol. The van der Waals surface area contributed by atoms with Gasteiger partial charge in [-0.3, -0.25) is 0 Å². The highest BCUT2D eigenvalue weighted by Crippen LogP contribution is 2.06. The summed E-state index contributed by atoms with van der Waals surface area (Å²) in [5, 5.41) is 32.5. The molecule has 94 valence electrons. The maximum atomic E-state index is 8.13. The number of nitriles is 4. The lowest BCUT2D eigenvalue weighted by Gasteiger charge is -1.93.